The summed E-state index contributed by atoms with van der Waals surface area (Å²) in [5.74, 6) is 0.877. The highest BCUT2D eigenvalue weighted by molar-refractivity contribution is 8.01. The second kappa shape index (κ2) is 9.29. The summed E-state index contributed by atoms with van der Waals surface area (Å²) in [6.45, 7) is 0. The summed E-state index contributed by atoms with van der Waals surface area (Å²) in [5.41, 5.74) is 1.54. The number of benzene rings is 2. The number of methoxy groups -OCH3 is 1. The average molecular weight is 399 g/mol. The van der Waals surface area contributed by atoms with Crippen molar-refractivity contribution in [2.45, 2.75) is 10.8 Å². The van der Waals surface area contributed by atoms with Crippen LogP contribution in [0.5, 0.6) is 5.75 Å². The smallest absolute Gasteiger partial charge is 0.230 e. The summed E-state index contributed by atoms with van der Waals surface area (Å²) < 4.78 is 5.74. The van der Waals surface area contributed by atoms with Gasteiger partial charge in [-0.2, -0.15) is 0 Å². The fraction of sp³-hybridized carbons (Fsp3) is 0.158. The number of ether oxygens (including phenoxy) is 1. The van der Waals surface area contributed by atoms with Crippen LogP contribution in [0.1, 0.15) is 15.9 Å². The van der Waals surface area contributed by atoms with Crippen molar-refractivity contribution in [3.63, 3.8) is 0 Å². The molecule has 3 aromatic rings. The molecule has 0 aliphatic carbocycles. The number of hydrogen-bond acceptors (Lipinski definition) is 7. The number of amides is 1. The van der Waals surface area contributed by atoms with Crippen LogP contribution in [0.3, 0.4) is 0 Å². The Labute approximate surface area is 165 Å². The molecule has 0 aliphatic rings. The van der Waals surface area contributed by atoms with Gasteiger partial charge < -0.3 is 10.1 Å². The van der Waals surface area contributed by atoms with E-state index in [9.17, 15) is 9.59 Å². The van der Waals surface area contributed by atoms with E-state index in [1.165, 1.54) is 23.1 Å². The third-order valence-electron chi connectivity index (χ3n) is 3.60. The van der Waals surface area contributed by atoms with E-state index in [0.29, 0.717) is 15.0 Å². The summed E-state index contributed by atoms with van der Waals surface area (Å²) in [6, 6.07) is 16.4. The highest BCUT2D eigenvalue weighted by Crippen LogP contribution is 2.26. The molecular formula is C19H17N3O3S2. The normalized spacial score (nSPS) is 10.4. The van der Waals surface area contributed by atoms with E-state index in [2.05, 4.69) is 15.5 Å². The summed E-state index contributed by atoms with van der Waals surface area (Å²) in [4.78, 5) is 24.2. The number of carbonyl (C=O) groups excluding carboxylic acids is 2. The largest absolute Gasteiger partial charge is 0.497 e. The molecule has 3 rings (SSSR count). The van der Waals surface area contributed by atoms with Gasteiger partial charge in [0, 0.05) is 5.56 Å². The summed E-state index contributed by atoms with van der Waals surface area (Å²) in [6.07, 6.45) is 0.235. The zero-order valence-electron chi connectivity index (χ0n) is 14.5. The maximum absolute atomic E-state index is 12.1. The van der Waals surface area contributed by atoms with Crippen molar-refractivity contribution in [2.24, 2.45) is 0 Å². The van der Waals surface area contributed by atoms with Gasteiger partial charge in [-0.05, 0) is 17.7 Å². The third kappa shape index (κ3) is 5.63. The molecule has 8 heteroatoms. The molecule has 0 saturated carbocycles. The van der Waals surface area contributed by atoms with Gasteiger partial charge in [0.05, 0.1) is 19.3 Å². The predicted molar refractivity (Wildman–Crippen MR) is 107 cm³/mol. The minimum atomic E-state index is -0.173. The van der Waals surface area contributed by atoms with E-state index < -0.39 is 0 Å². The molecule has 0 atom stereocenters. The molecule has 0 aliphatic heterocycles. The van der Waals surface area contributed by atoms with Crippen LogP contribution in [0, 0.1) is 0 Å². The molecule has 0 fully saturated rings. The van der Waals surface area contributed by atoms with E-state index in [1.807, 2.05) is 42.5 Å². The second-order valence-electron chi connectivity index (χ2n) is 5.52. The van der Waals surface area contributed by atoms with Gasteiger partial charge in [-0.1, -0.05) is 65.6 Å². The van der Waals surface area contributed by atoms with Gasteiger partial charge in [0.25, 0.3) is 0 Å². The molecule has 27 heavy (non-hydrogen) atoms. The highest BCUT2D eigenvalue weighted by atomic mass is 32.2. The van der Waals surface area contributed by atoms with Crippen LogP contribution in [0.15, 0.2) is 58.9 Å². The topological polar surface area (TPSA) is 81.2 Å². The van der Waals surface area contributed by atoms with Crippen molar-refractivity contribution in [1.29, 1.82) is 0 Å². The molecule has 0 unspecified atom stereocenters. The molecule has 1 heterocycles. The number of aromatic nitrogens is 2. The Bertz CT molecular complexity index is 911. The maximum atomic E-state index is 12.1. The number of nitrogens with one attached hydrogen (secondary N) is 1. The quantitative estimate of drug-likeness (QED) is 0.353. The lowest BCUT2D eigenvalue weighted by atomic mass is 10.1. The average Bonchev–Trinajstić information content (AvgIpc) is 3.14. The summed E-state index contributed by atoms with van der Waals surface area (Å²) in [7, 11) is 1.60. The first-order valence-corrected chi connectivity index (χ1v) is 9.91. The molecular weight excluding hydrogens is 382 g/mol. The number of ketones is 1. The van der Waals surface area contributed by atoms with Crippen LogP contribution in [0.25, 0.3) is 0 Å². The van der Waals surface area contributed by atoms with Gasteiger partial charge in [0.2, 0.25) is 11.0 Å². The van der Waals surface area contributed by atoms with E-state index in [-0.39, 0.29) is 23.9 Å². The van der Waals surface area contributed by atoms with Crippen LogP contribution in [-0.2, 0) is 11.2 Å². The van der Waals surface area contributed by atoms with Crippen LogP contribution in [0.2, 0.25) is 0 Å². The summed E-state index contributed by atoms with van der Waals surface area (Å²) in [5, 5.41) is 11.1. The molecule has 0 radical (unpaired) electrons. The molecule has 1 aromatic heterocycles. The number of hydrogen-bond donors (Lipinski definition) is 1. The Balaban J connectivity index is 1.49. The number of Topliss-reactive ketones (excluding diaryl/α,β-unsaturated/α-hetero) is 1. The zero-order chi connectivity index (χ0) is 19.1. The van der Waals surface area contributed by atoms with Crippen molar-refractivity contribution < 1.29 is 14.3 Å². The van der Waals surface area contributed by atoms with Gasteiger partial charge in [-0.25, -0.2) is 0 Å². The van der Waals surface area contributed by atoms with Gasteiger partial charge in [0.15, 0.2) is 10.1 Å². The lowest BCUT2D eigenvalue weighted by molar-refractivity contribution is -0.115. The molecule has 138 valence electrons. The monoisotopic (exact) mass is 399 g/mol. The lowest BCUT2D eigenvalue weighted by Crippen LogP contribution is -2.14. The van der Waals surface area contributed by atoms with Gasteiger partial charge in [0.1, 0.15) is 5.75 Å². The molecule has 2 aromatic carbocycles. The van der Waals surface area contributed by atoms with Gasteiger partial charge in [-0.3, -0.25) is 9.59 Å². The lowest BCUT2D eigenvalue weighted by Gasteiger charge is -2.03. The molecule has 0 spiro atoms. The van der Waals surface area contributed by atoms with Crippen LogP contribution in [0.4, 0.5) is 5.13 Å². The second-order valence-corrected chi connectivity index (χ2v) is 7.72. The molecule has 1 amide bonds. The molecule has 0 saturated heterocycles. The first-order valence-electron chi connectivity index (χ1n) is 8.11. The van der Waals surface area contributed by atoms with E-state index in [1.54, 1.807) is 19.2 Å². The SMILES string of the molecule is COc1ccc(CC(=O)Nc2nnc(SCC(=O)c3ccccc3)s2)cc1. The standard InChI is InChI=1S/C19H17N3O3S2/c1-25-15-9-7-13(8-10-15)11-17(24)20-18-21-22-19(27-18)26-12-16(23)14-5-3-2-4-6-14/h2-10H,11-12H2,1H3,(H,20,21,24). The maximum Gasteiger partial charge on any atom is 0.230 e. The Morgan fingerprint density at radius 1 is 1.07 bits per heavy atom. The first kappa shape index (κ1) is 19.1. The van der Waals surface area contributed by atoms with E-state index in [4.69, 9.17) is 4.74 Å². The van der Waals surface area contributed by atoms with Gasteiger partial charge in [-0.15, -0.1) is 10.2 Å². The molecule has 0 bridgehead atoms. The Kier molecular flexibility index (Phi) is 6.56. The van der Waals surface area contributed by atoms with Crippen molar-refractivity contribution in [3.8, 4) is 5.75 Å². The Morgan fingerprint density at radius 3 is 2.52 bits per heavy atom. The minimum Gasteiger partial charge on any atom is -0.497 e. The van der Waals surface area contributed by atoms with Crippen molar-refractivity contribution in [1.82, 2.24) is 10.2 Å². The Morgan fingerprint density at radius 2 is 1.81 bits per heavy atom. The number of nitrogens with zero attached hydrogens (tertiary/aromatic N) is 2. The summed E-state index contributed by atoms with van der Waals surface area (Å²) >= 11 is 2.56. The fourth-order valence-electron chi connectivity index (χ4n) is 2.25. The van der Waals surface area contributed by atoms with Crippen molar-refractivity contribution in [3.05, 3.63) is 65.7 Å². The first-order chi connectivity index (χ1) is 13.1. The fourth-order valence-corrected chi connectivity index (χ4v) is 3.91. The van der Waals surface area contributed by atoms with Crippen molar-refractivity contribution in [2.75, 3.05) is 18.2 Å². The zero-order valence-corrected chi connectivity index (χ0v) is 16.2. The number of carbonyl (C=O) groups is 2. The van der Waals surface area contributed by atoms with Crippen LogP contribution < -0.4 is 10.1 Å². The third-order valence-corrected chi connectivity index (χ3v) is 5.57. The minimum absolute atomic E-state index is 0.0286. The van der Waals surface area contributed by atoms with E-state index in [0.717, 1.165) is 11.3 Å². The van der Waals surface area contributed by atoms with Gasteiger partial charge >= 0.3 is 0 Å². The Hall–Kier alpha value is -2.71. The van der Waals surface area contributed by atoms with Crippen LogP contribution in [-0.4, -0.2) is 34.8 Å². The number of rotatable bonds is 8. The predicted octanol–water partition coefficient (Wildman–Crippen LogP) is 3.70. The molecule has 6 nitrogen and oxygen atoms in total. The highest BCUT2D eigenvalue weighted by Gasteiger charge is 2.12. The van der Waals surface area contributed by atoms with Crippen LogP contribution >= 0.6 is 23.1 Å². The number of thioether (sulfide) groups is 1. The van der Waals surface area contributed by atoms with E-state index >= 15 is 0 Å². The number of anilines is 1. The molecule has 1 N–H and O–H groups in total. The van der Waals surface area contributed by atoms with Crippen molar-refractivity contribution >= 4 is 39.9 Å².